The van der Waals surface area contributed by atoms with Crippen molar-refractivity contribution in [1.82, 2.24) is 9.80 Å². The Morgan fingerprint density at radius 3 is 2.62 bits per heavy atom. The second-order valence-corrected chi connectivity index (χ2v) is 8.36. The maximum Gasteiger partial charge on any atom is 0.290 e. The van der Waals surface area contributed by atoms with E-state index in [0.29, 0.717) is 25.5 Å². The number of ether oxygens (including phenoxy) is 2. The molecule has 1 atom stereocenters. The van der Waals surface area contributed by atoms with Gasteiger partial charge in [0.15, 0.2) is 11.5 Å². The topological polar surface area (TPSA) is 79.3 Å². The van der Waals surface area contributed by atoms with Crippen LogP contribution in [0.3, 0.4) is 0 Å². The molecule has 4 rings (SSSR count). The molecule has 7 nitrogen and oxygen atoms in total. The molecule has 2 aliphatic heterocycles. The number of ketones is 1. The molecule has 34 heavy (non-hydrogen) atoms. The van der Waals surface area contributed by atoms with Gasteiger partial charge in [-0.1, -0.05) is 48.5 Å². The average Bonchev–Trinajstić information content (AvgIpc) is 3.14. The van der Waals surface area contributed by atoms with E-state index < -0.39 is 23.5 Å². The summed E-state index contributed by atoms with van der Waals surface area (Å²) in [5, 5.41) is 10.8. The number of aliphatic hydroxyl groups excluding tert-OH is 1. The van der Waals surface area contributed by atoms with Gasteiger partial charge in [0.2, 0.25) is 0 Å². The Balaban J connectivity index is 1.59. The Kier molecular flexibility index (Phi) is 7.77. The van der Waals surface area contributed by atoms with E-state index in [0.717, 1.165) is 37.2 Å². The maximum absolute atomic E-state index is 13.2. The number of hydrogen-bond acceptors (Lipinski definition) is 6. The van der Waals surface area contributed by atoms with Gasteiger partial charge >= 0.3 is 0 Å². The third-order valence-electron chi connectivity index (χ3n) is 6.18. The minimum absolute atomic E-state index is 0.0943. The average molecular weight is 463 g/mol. The molecule has 1 amide bonds. The van der Waals surface area contributed by atoms with Gasteiger partial charge in [0.05, 0.1) is 31.9 Å². The predicted octanol–water partition coefficient (Wildman–Crippen LogP) is 3.40. The van der Waals surface area contributed by atoms with Crippen molar-refractivity contribution >= 4 is 17.8 Å². The fourth-order valence-electron chi connectivity index (χ4n) is 4.41. The van der Waals surface area contributed by atoms with Crippen LogP contribution in [0.15, 0.2) is 72.0 Å². The molecular weight excluding hydrogens is 432 g/mol. The molecule has 0 spiro atoms. The lowest BCUT2D eigenvalue weighted by atomic mass is 9.95. The van der Waals surface area contributed by atoms with Crippen molar-refractivity contribution in [2.75, 3.05) is 46.5 Å². The minimum atomic E-state index is -0.680. The zero-order chi connectivity index (χ0) is 23.9. The van der Waals surface area contributed by atoms with Crippen molar-refractivity contribution in [2.45, 2.75) is 12.5 Å². The number of carbonyl (C=O) groups excluding carboxylic acids is 2. The summed E-state index contributed by atoms with van der Waals surface area (Å²) >= 11 is 0. The van der Waals surface area contributed by atoms with Crippen LogP contribution >= 0.6 is 0 Å². The van der Waals surface area contributed by atoms with Gasteiger partial charge < -0.3 is 19.5 Å². The lowest BCUT2D eigenvalue weighted by Crippen LogP contribution is -2.39. The highest BCUT2D eigenvalue weighted by Crippen LogP contribution is 2.39. The molecule has 0 aromatic heterocycles. The van der Waals surface area contributed by atoms with Gasteiger partial charge in [0.25, 0.3) is 5.91 Å². The number of allylic oxidation sites excluding steroid dienone is 1. The first-order valence-corrected chi connectivity index (χ1v) is 11.5. The quantitative estimate of drug-likeness (QED) is 0.576. The van der Waals surface area contributed by atoms with Crippen LogP contribution < -0.4 is 4.74 Å². The number of carbonyl (C=O) groups is 2. The van der Waals surface area contributed by atoms with E-state index in [9.17, 15) is 14.7 Å². The molecule has 7 heteroatoms. The Bertz CT molecular complexity index is 1070. The lowest BCUT2D eigenvalue weighted by molar-refractivity contribution is -0.129. The fraction of sp³-hybridized carbons (Fsp3) is 0.333. The smallest absolute Gasteiger partial charge is 0.290 e. The van der Waals surface area contributed by atoms with E-state index >= 15 is 0 Å². The number of hydrogen-bond donors (Lipinski definition) is 1. The van der Waals surface area contributed by atoms with Gasteiger partial charge in [-0.3, -0.25) is 14.5 Å². The molecule has 0 radical (unpaired) electrons. The van der Waals surface area contributed by atoms with Gasteiger partial charge in [0.1, 0.15) is 5.75 Å². The highest BCUT2D eigenvalue weighted by atomic mass is 16.5. The van der Waals surface area contributed by atoms with Crippen molar-refractivity contribution in [1.29, 1.82) is 0 Å². The molecule has 2 heterocycles. The summed E-state index contributed by atoms with van der Waals surface area (Å²) in [6.07, 6.45) is 3.83. The van der Waals surface area contributed by atoms with Gasteiger partial charge in [0, 0.05) is 26.2 Å². The fourth-order valence-corrected chi connectivity index (χ4v) is 4.41. The molecule has 2 aliphatic rings. The van der Waals surface area contributed by atoms with Crippen LogP contribution in [-0.2, 0) is 14.3 Å². The van der Waals surface area contributed by atoms with E-state index in [1.165, 1.54) is 6.08 Å². The number of aliphatic hydroxyl groups is 1. The van der Waals surface area contributed by atoms with E-state index in [1.807, 2.05) is 48.5 Å². The summed E-state index contributed by atoms with van der Waals surface area (Å²) in [7, 11) is 1.57. The largest absolute Gasteiger partial charge is 0.503 e. The molecule has 178 valence electrons. The van der Waals surface area contributed by atoms with Crippen LogP contribution in [0.5, 0.6) is 5.75 Å². The molecule has 1 fully saturated rings. The number of amides is 1. The van der Waals surface area contributed by atoms with E-state index in [1.54, 1.807) is 24.2 Å². The van der Waals surface area contributed by atoms with Crippen molar-refractivity contribution < 1.29 is 24.2 Å². The maximum atomic E-state index is 13.2. The SMILES string of the molecule is COc1cccc(C2C(C(=O)/C=C/c3ccccc3)=C(O)C(=O)N2CCCN2CCOCC2)c1. The van der Waals surface area contributed by atoms with E-state index in [-0.39, 0.29) is 5.57 Å². The van der Waals surface area contributed by atoms with Gasteiger partial charge in [-0.05, 0) is 35.8 Å². The molecule has 1 saturated heterocycles. The third kappa shape index (κ3) is 5.38. The Morgan fingerprint density at radius 2 is 1.88 bits per heavy atom. The Morgan fingerprint density at radius 1 is 1.12 bits per heavy atom. The zero-order valence-electron chi connectivity index (χ0n) is 19.4. The van der Waals surface area contributed by atoms with Gasteiger partial charge in [-0.25, -0.2) is 0 Å². The highest BCUT2D eigenvalue weighted by Gasteiger charge is 2.42. The standard InChI is InChI=1S/C27H30N2O5/c1-33-22-10-5-9-21(19-22)25-24(23(30)12-11-20-7-3-2-4-8-20)26(31)27(32)29(25)14-6-13-28-15-17-34-18-16-28/h2-5,7-12,19,25,31H,6,13-18H2,1H3/b12-11+. The summed E-state index contributed by atoms with van der Waals surface area (Å²) < 4.78 is 10.8. The second-order valence-electron chi connectivity index (χ2n) is 8.36. The summed E-state index contributed by atoms with van der Waals surface area (Å²) in [5.74, 6) is -0.775. The molecule has 2 aromatic rings. The molecule has 1 unspecified atom stereocenters. The highest BCUT2D eigenvalue weighted by molar-refractivity contribution is 6.14. The van der Waals surface area contributed by atoms with Crippen LogP contribution in [0, 0.1) is 0 Å². The van der Waals surface area contributed by atoms with Crippen molar-refractivity contribution in [3.05, 3.63) is 83.1 Å². The molecule has 0 aliphatic carbocycles. The molecule has 2 aromatic carbocycles. The number of benzene rings is 2. The van der Waals surface area contributed by atoms with E-state index in [2.05, 4.69) is 4.90 Å². The minimum Gasteiger partial charge on any atom is -0.503 e. The predicted molar refractivity (Wildman–Crippen MR) is 129 cm³/mol. The molecule has 0 bridgehead atoms. The van der Waals surface area contributed by atoms with Crippen LogP contribution in [0.2, 0.25) is 0 Å². The zero-order valence-corrected chi connectivity index (χ0v) is 19.4. The number of morpholine rings is 1. The Labute approximate surface area is 199 Å². The molecule has 1 N–H and O–H groups in total. The van der Waals surface area contributed by atoms with Crippen molar-refractivity contribution in [3.8, 4) is 5.75 Å². The van der Waals surface area contributed by atoms with Gasteiger partial charge in [-0.2, -0.15) is 0 Å². The number of rotatable bonds is 9. The van der Waals surface area contributed by atoms with Crippen molar-refractivity contribution in [3.63, 3.8) is 0 Å². The molecular formula is C27H30N2O5. The third-order valence-corrected chi connectivity index (χ3v) is 6.18. The summed E-state index contributed by atoms with van der Waals surface area (Å²) in [6, 6.07) is 16.0. The van der Waals surface area contributed by atoms with E-state index in [4.69, 9.17) is 9.47 Å². The first kappa shape index (κ1) is 23.7. The van der Waals surface area contributed by atoms with Crippen molar-refractivity contribution in [2.24, 2.45) is 0 Å². The Hall–Kier alpha value is -3.42. The van der Waals surface area contributed by atoms with Gasteiger partial charge in [-0.15, -0.1) is 0 Å². The normalized spacial score (nSPS) is 19.3. The van der Waals surface area contributed by atoms with Crippen LogP contribution in [0.25, 0.3) is 6.08 Å². The summed E-state index contributed by atoms with van der Waals surface area (Å²) in [5.41, 5.74) is 1.68. The summed E-state index contributed by atoms with van der Waals surface area (Å²) in [4.78, 5) is 30.2. The van der Waals surface area contributed by atoms with Crippen LogP contribution in [0.4, 0.5) is 0 Å². The number of nitrogens with zero attached hydrogens (tertiary/aromatic N) is 2. The lowest BCUT2D eigenvalue weighted by Gasteiger charge is -2.30. The first-order chi connectivity index (χ1) is 16.6. The second kappa shape index (κ2) is 11.1. The number of methoxy groups -OCH3 is 1. The monoisotopic (exact) mass is 462 g/mol. The summed E-state index contributed by atoms with van der Waals surface area (Å²) in [6.45, 7) is 4.39. The molecule has 0 saturated carbocycles. The van der Waals surface area contributed by atoms with Crippen LogP contribution in [-0.4, -0.2) is 73.1 Å². The first-order valence-electron chi connectivity index (χ1n) is 11.5. The van der Waals surface area contributed by atoms with Crippen LogP contribution in [0.1, 0.15) is 23.6 Å².